The van der Waals surface area contributed by atoms with Crippen molar-refractivity contribution < 1.29 is 13.9 Å². The quantitative estimate of drug-likeness (QED) is 0.254. The summed E-state index contributed by atoms with van der Waals surface area (Å²) in [5.74, 6) is 1.37. The van der Waals surface area contributed by atoms with E-state index >= 15 is 0 Å². The van der Waals surface area contributed by atoms with Crippen molar-refractivity contribution in [2.75, 3.05) is 39.9 Å². The molecule has 8 heteroatoms. The molecule has 0 aliphatic rings. The summed E-state index contributed by atoms with van der Waals surface area (Å²) >= 11 is 0. The molecule has 2 rings (SSSR count). The van der Waals surface area contributed by atoms with Crippen molar-refractivity contribution >= 4 is 29.9 Å². The number of benzene rings is 1. The molecule has 0 spiro atoms. The van der Waals surface area contributed by atoms with Crippen molar-refractivity contribution in [3.05, 3.63) is 54.6 Å². The Morgan fingerprint density at radius 3 is 2.70 bits per heavy atom. The van der Waals surface area contributed by atoms with Crippen LogP contribution < -0.4 is 14.8 Å². The number of hydrogen-bond acceptors (Lipinski definition) is 4. The first-order valence-corrected chi connectivity index (χ1v) is 8.60. The molecule has 0 bridgehead atoms. The van der Waals surface area contributed by atoms with Gasteiger partial charge in [-0.25, -0.2) is 9.38 Å². The summed E-state index contributed by atoms with van der Waals surface area (Å²) in [5, 5.41) is 3.22. The van der Waals surface area contributed by atoms with E-state index in [1.807, 2.05) is 31.0 Å². The zero-order valence-corrected chi connectivity index (χ0v) is 17.9. The van der Waals surface area contributed by atoms with Crippen molar-refractivity contribution in [2.45, 2.75) is 6.92 Å². The summed E-state index contributed by atoms with van der Waals surface area (Å²) in [5.41, 5.74) is 0. The van der Waals surface area contributed by atoms with Crippen LogP contribution in [-0.2, 0) is 0 Å². The van der Waals surface area contributed by atoms with Gasteiger partial charge in [0.25, 0.3) is 0 Å². The number of aliphatic imine (C=N–C) groups is 1. The Balaban J connectivity index is 0.00000364. The fourth-order valence-electron chi connectivity index (χ4n) is 2.18. The molecule has 0 aliphatic carbocycles. The van der Waals surface area contributed by atoms with Crippen LogP contribution in [0.2, 0.25) is 0 Å². The first-order chi connectivity index (χ1) is 12.7. The third-order valence-corrected chi connectivity index (χ3v) is 3.47. The number of guanidine groups is 1. The van der Waals surface area contributed by atoms with Gasteiger partial charge in [-0.3, -0.25) is 4.98 Å². The van der Waals surface area contributed by atoms with E-state index in [9.17, 15) is 4.39 Å². The molecule has 1 heterocycles. The van der Waals surface area contributed by atoms with Crippen LogP contribution >= 0.6 is 24.0 Å². The van der Waals surface area contributed by atoms with Gasteiger partial charge in [0.1, 0.15) is 19.0 Å². The summed E-state index contributed by atoms with van der Waals surface area (Å²) in [6.45, 7) is 4.65. The normalized spacial score (nSPS) is 10.7. The molecule has 0 aliphatic heterocycles. The number of likely N-dealkylation sites (N-methyl/N-ethyl adjacent to an activating group) is 1. The third-order valence-electron chi connectivity index (χ3n) is 3.47. The summed E-state index contributed by atoms with van der Waals surface area (Å²) in [6.07, 6.45) is 3.37. The van der Waals surface area contributed by atoms with E-state index in [0.29, 0.717) is 26.3 Å². The molecule has 1 aromatic carbocycles. The maximum atomic E-state index is 13.5. The lowest BCUT2D eigenvalue weighted by Crippen LogP contribution is -2.41. The highest BCUT2D eigenvalue weighted by molar-refractivity contribution is 14.0. The van der Waals surface area contributed by atoms with Gasteiger partial charge in [-0.05, 0) is 31.2 Å². The molecule has 0 amide bonds. The molecular weight excluding hydrogens is 462 g/mol. The van der Waals surface area contributed by atoms with Crippen LogP contribution in [-0.4, -0.2) is 55.7 Å². The van der Waals surface area contributed by atoms with Gasteiger partial charge in [0.2, 0.25) is 0 Å². The zero-order chi connectivity index (χ0) is 18.6. The predicted octanol–water partition coefficient (Wildman–Crippen LogP) is 3.19. The van der Waals surface area contributed by atoms with Crippen LogP contribution in [0, 0.1) is 5.82 Å². The molecule has 0 atom stereocenters. The summed E-state index contributed by atoms with van der Waals surface area (Å²) in [7, 11) is 1.91. The number of para-hydroxylation sites is 1. The largest absolute Gasteiger partial charge is 0.490 e. The lowest BCUT2D eigenvalue weighted by Gasteiger charge is -2.22. The van der Waals surface area contributed by atoms with E-state index in [1.165, 1.54) is 6.07 Å². The van der Waals surface area contributed by atoms with Crippen LogP contribution in [0.5, 0.6) is 11.5 Å². The number of nitrogens with zero attached hydrogens (tertiary/aromatic N) is 3. The van der Waals surface area contributed by atoms with E-state index in [0.717, 1.165) is 18.3 Å². The Morgan fingerprint density at radius 1 is 1.19 bits per heavy atom. The van der Waals surface area contributed by atoms with Gasteiger partial charge in [0.15, 0.2) is 17.5 Å². The molecule has 0 saturated heterocycles. The van der Waals surface area contributed by atoms with Crippen molar-refractivity contribution in [1.82, 2.24) is 15.2 Å². The molecule has 1 aromatic heterocycles. The average molecular weight is 488 g/mol. The highest BCUT2D eigenvalue weighted by Crippen LogP contribution is 2.15. The monoisotopic (exact) mass is 488 g/mol. The molecule has 0 fully saturated rings. The van der Waals surface area contributed by atoms with Crippen LogP contribution in [0.4, 0.5) is 4.39 Å². The molecule has 6 nitrogen and oxygen atoms in total. The molecular formula is C19H26FIN4O2. The third kappa shape index (κ3) is 8.42. The Hall–Kier alpha value is -2.10. The summed E-state index contributed by atoms with van der Waals surface area (Å²) in [4.78, 5) is 10.5. The lowest BCUT2D eigenvalue weighted by molar-refractivity contribution is 0.269. The SMILES string of the molecule is CCNC(=NCCOc1cccnc1)N(C)CCOc1ccccc1F.I. The molecule has 0 radical (unpaired) electrons. The van der Waals surface area contributed by atoms with E-state index < -0.39 is 0 Å². The zero-order valence-electron chi connectivity index (χ0n) is 15.6. The van der Waals surface area contributed by atoms with E-state index in [1.54, 1.807) is 30.6 Å². The molecule has 0 saturated carbocycles. The van der Waals surface area contributed by atoms with Crippen molar-refractivity contribution in [2.24, 2.45) is 4.99 Å². The Kier molecular flexibility index (Phi) is 11.2. The van der Waals surface area contributed by atoms with E-state index in [4.69, 9.17) is 9.47 Å². The maximum absolute atomic E-state index is 13.5. The van der Waals surface area contributed by atoms with Gasteiger partial charge in [-0.1, -0.05) is 12.1 Å². The first-order valence-electron chi connectivity index (χ1n) is 8.60. The van der Waals surface area contributed by atoms with Gasteiger partial charge in [0, 0.05) is 19.8 Å². The number of aromatic nitrogens is 1. The fourth-order valence-corrected chi connectivity index (χ4v) is 2.18. The Morgan fingerprint density at radius 2 is 2.00 bits per heavy atom. The predicted molar refractivity (Wildman–Crippen MR) is 116 cm³/mol. The number of hydrogen-bond donors (Lipinski definition) is 1. The highest BCUT2D eigenvalue weighted by atomic mass is 127. The van der Waals surface area contributed by atoms with Crippen LogP contribution in [0.25, 0.3) is 0 Å². The average Bonchev–Trinajstić information content (AvgIpc) is 2.66. The highest BCUT2D eigenvalue weighted by Gasteiger charge is 2.07. The number of nitrogens with one attached hydrogen (secondary N) is 1. The van der Waals surface area contributed by atoms with E-state index in [-0.39, 0.29) is 35.5 Å². The van der Waals surface area contributed by atoms with Gasteiger partial charge >= 0.3 is 0 Å². The number of rotatable bonds is 9. The van der Waals surface area contributed by atoms with Crippen molar-refractivity contribution in [1.29, 1.82) is 0 Å². The summed E-state index contributed by atoms with van der Waals surface area (Å²) < 4.78 is 24.6. The second-order valence-electron chi connectivity index (χ2n) is 5.47. The summed E-state index contributed by atoms with van der Waals surface area (Å²) in [6, 6.07) is 10.1. The van der Waals surface area contributed by atoms with Crippen LogP contribution in [0.15, 0.2) is 53.8 Å². The molecule has 0 unspecified atom stereocenters. The minimum Gasteiger partial charge on any atom is -0.490 e. The minimum absolute atomic E-state index is 0. The number of pyridine rings is 1. The standard InChI is InChI=1S/C19H25FN4O2.HI/c1-3-22-19(23-11-13-25-16-7-6-10-21-15-16)24(2)12-14-26-18-9-5-4-8-17(18)20;/h4-10,15H,3,11-14H2,1-2H3,(H,22,23);1H. The maximum Gasteiger partial charge on any atom is 0.193 e. The second-order valence-corrected chi connectivity index (χ2v) is 5.47. The van der Waals surface area contributed by atoms with Gasteiger partial charge in [0.05, 0.1) is 19.3 Å². The molecule has 2 aromatic rings. The molecule has 1 N–H and O–H groups in total. The first kappa shape index (κ1) is 22.9. The minimum atomic E-state index is -0.358. The fraction of sp³-hybridized carbons (Fsp3) is 0.368. The van der Waals surface area contributed by atoms with Crippen molar-refractivity contribution in [3.8, 4) is 11.5 Å². The van der Waals surface area contributed by atoms with Crippen molar-refractivity contribution in [3.63, 3.8) is 0 Å². The van der Waals surface area contributed by atoms with Crippen LogP contribution in [0.3, 0.4) is 0 Å². The number of ether oxygens (including phenoxy) is 2. The van der Waals surface area contributed by atoms with Gasteiger partial charge < -0.3 is 19.7 Å². The van der Waals surface area contributed by atoms with Crippen LogP contribution in [0.1, 0.15) is 6.92 Å². The van der Waals surface area contributed by atoms with Gasteiger partial charge in [-0.2, -0.15) is 0 Å². The van der Waals surface area contributed by atoms with Gasteiger partial charge in [-0.15, -0.1) is 24.0 Å². The molecule has 148 valence electrons. The topological polar surface area (TPSA) is 59.0 Å². The lowest BCUT2D eigenvalue weighted by atomic mass is 10.3. The molecule has 27 heavy (non-hydrogen) atoms. The Labute approximate surface area is 176 Å². The van der Waals surface area contributed by atoms with E-state index in [2.05, 4.69) is 15.3 Å². The second kappa shape index (κ2) is 13.1. The smallest absolute Gasteiger partial charge is 0.193 e. The number of halogens is 2. The Bertz CT molecular complexity index is 688.